The quantitative estimate of drug-likeness (QED) is 0.883. The molecule has 2 aliphatic heterocycles. The Kier molecular flexibility index (Phi) is 3.51. The predicted molar refractivity (Wildman–Crippen MR) is 73.6 cm³/mol. The fourth-order valence-corrected chi connectivity index (χ4v) is 3.44. The standard InChI is InChI=1S/C15H21N3O/c1-11-14-9-17-8-13(14)10-18(11)15(19)5-4-12-3-2-6-16-7-12/h2-3,6-7,11,13-14,17H,4-5,8-10H2,1H3. The van der Waals surface area contributed by atoms with Crippen molar-refractivity contribution in [1.29, 1.82) is 0 Å². The van der Waals surface area contributed by atoms with Gasteiger partial charge in [-0.2, -0.15) is 0 Å². The van der Waals surface area contributed by atoms with E-state index in [9.17, 15) is 4.79 Å². The third-order valence-electron chi connectivity index (χ3n) is 4.61. The first-order chi connectivity index (χ1) is 9.25. The number of fused-ring (bicyclic) bond motifs is 1. The Morgan fingerprint density at radius 2 is 2.42 bits per heavy atom. The zero-order valence-electron chi connectivity index (χ0n) is 11.4. The van der Waals surface area contributed by atoms with Gasteiger partial charge in [-0.1, -0.05) is 6.07 Å². The lowest BCUT2D eigenvalue weighted by Gasteiger charge is -2.24. The number of carbonyl (C=O) groups excluding carboxylic acids is 1. The van der Waals surface area contributed by atoms with Crippen molar-refractivity contribution >= 4 is 5.91 Å². The molecular weight excluding hydrogens is 238 g/mol. The number of nitrogens with zero attached hydrogens (tertiary/aromatic N) is 2. The maximum Gasteiger partial charge on any atom is 0.223 e. The second-order valence-corrected chi connectivity index (χ2v) is 5.73. The minimum Gasteiger partial charge on any atom is -0.339 e. The number of hydrogen-bond donors (Lipinski definition) is 1. The molecule has 0 spiro atoms. The van der Waals surface area contributed by atoms with Gasteiger partial charge in [0.1, 0.15) is 0 Å². The predicted octanol–water partition coefficient (Wildman–Crippen LogP) is 1.08. The molecule has 19 heavy (non-hydrogen) atoms. The van der Waals surface area contributed by atoms with Crippen LogP contribution in [-0.2, 0) is 11.2 Å². The zero-order valence-corrected chi connectivity index (χ0v) is 11.4. The number of carbonyl (C=O) groups is 1. The molecule has 1 aromatic heterocycles. The summed E-state index contributed by atoms with van der Waals surface area (Å²) >= 11 is 0. The molecule has 0 bridgehead atoms. The number of pyridine rings is 1. The van der Waals surface area contributed by atoms with Crippen LogP contribution in [0, 0.1) is 11.8 Å². The molecule has 4 nitrogen and oxygen atoms in total. The van der Waals surface area contributed by atoms with Gasteiger partial charge in [-0.15, -0.1) is 0 Å². The molecule has 4 heteroatoms. The molecule has 0 radical (unpaired) electrons. The van der Waals surface area contributed by atoms with E-state index in [0.717, 1.165) is 31.6 Å². The van der Waals surface area contributed by atoms with Crippen LogP contribution >= 0.6 is 0 Å². The van der Waals surface area contributed by atoms with Crippen LogP contribution in [0.5, 0.6) is 0 Å². The second kappa shape index (κ2) is 5.29. The molecule has 2 fully saturated rings. The van der Waals surface area contributed by atoms with E-state index in [1.54, 1.807) is 6.20 Å². The van der Waals surface area contributed by atoms with Crippen molar-refractivity contribution < 1.29 is 4.79 Å². The van der Waals surface area contributed by atoms with E-state index in [2.05, 4.69) is 22.1 Å². The van der Waals surface area contributed by atoms with E-state index in [1.807, 2.05) is 18.3 Å². The Balaban J connectivity index is 1.56. The summed E-state index contributed by atoms with van der Waals surface area (Å²) in [6, 6.07) is 4.35. The van der Waals surface area contributed by atoms with Crippen LogP contribution in [0.3, 0.4) is 0 Å². The number of hydrogen-bond acceptors (Lipinski definition) is 3. The van der Waals surface area contributed by atoms with Gasteiger partial charge in [-0.05, 0) is 36.8 Å². The molecule has 3 unspecified atom stereocenters. The summed E-state index contributed by atoms with van der Waals surface area (Å²) in [5.41, 5.74) is 1.14. The highest BCUT2D eigenvalue weighted by atomic mass is 16.2. The number of amides is 1. The zero-order chi connectivity index (χ0) is 13.2. The van der Waals surface area contributed by atoms with E-state index >= 15 is 0 Å². The summed E-state index contributed by atoms with van der Waals surface area (Å²) in [4.78, 5) is 18.5. The first-order valence-electron chi connectivity index (χ1n) is 7.15. The number of likely N-dealkylation sites (tertiary alicyclic amines) is 1. The van der Waals surface area contributed by atoms with Crippen molar-refractivity contribution in [3.05, 3.63) is 30.1 Å². The maximum atomic E-state index is 12.3. The lowest BCUT2D eigenvalue weighted by molar-refractivity contribution is -0.132. The van der Waals surface area contributed by atoms with Gasteiger partial charge in [-0.25, -0.2) is 0 Å². The lowest BCUT2D eigenvalue weighted by atomic mass is 9.95. The highest BCUT2D eigenvalue weighted by Crippen LogP contribution is 2.32. The Morgan fingerprint density at radius 1 is 1.53 bits per heavy atom. The van der Waals surface area contributed by atoms with Crippen LogP contribution in [0.2, 0.25) is 0 Å². The minimum atomic E-state index is 0.297. The number of aromatic nitrogens is 1. The van der Waals surface area contributed by atoms with Gasteiger partial charge in [0.2, 0.25) is 5.91 Å². The Morgan fingerprint density at radius 3 is 3.16 bits per heavy atom. The lowest BCUT2D eigenvalue weighted by Crippen LogP contribution is -2.38. The van der Waals surface area contributed by atoms with Gasteiger partial charge in [0.25, 0.3) is 0 Å². The molecule has 1 amide bonds. The largest absolute Gasteiger partial charge is 0.339 e. The van der Waals surface area contributed by atoms with Crippen LogP contribution < -0.4 is 5.32 Å². The number of rotatable bonds is 3. The van der Waals surface area contributed by atoms with Crippen molar-refractivity contribution in [2.75, 3.05) is 19.6 Å². The van der Waals surface area contributed by atoms with Gasteiger partial charge < -0.3 is 10.2 Å². The summed E-state index contributed by atoms with van der Waals surface area (Å²) in [6.07, 6.45) is 5.01. The monoisotopic (exact) mass is 259 g/mol. The second-order valence-electron chi connectivity index (χ2n) is 5.73. The first-order valence-corrected chi connectivity index (χ1v) is 7.15. The average molecular weight is 259 g/mol. The molecule has 3 atom stereocenters. The van der Waals surface area contributed by atoms with Crippen LogP contribution in [0.4, 0.5) is 0 Å². The minimum absolute atomic E-state index is 0.297. The van der Waals surface area contributed by atoms with Gasteiger partial charge in [0, 0.05) is 44.5 Å². The molecule has 0 aromatic carbocycles. The van der Waals surface area contributed by atoms with E-state index < -0.39 is 0 Å². The van der Waals surface area contributed by atoms with Crippen molar-refractivity contribution in [2.24, 2.45) is 11.8 Å². The first kappa shape index (κ1) is 12.6. The summed E-state index contributed by atoms with van der Waals surface area (Å²) in [6.45, 7) is 5.27. The molecule has 2 saturated heterocycles. The third-order valence-corrected chi connectivity index (χ3v) is 4.61. The molecule has 3 heterocycles. The molecule has 2 aliphatic rings. The van der Waals surface area contributed by atoms with E-state index in [1.165, 1.54) is 0 Å². The van der Waals surface area contributed by atoms with Gasteiger partial charge in [-0.3, -0.25) is 9.78 Å². The number of nitrogens with one attached hydrogen (secondary N) is 1. The van der Waals surface area contributed by atoms with E-state index in [0.29, 0.717) is 30.2 Å². The van der Waals surface area contributed by atoms with Crippen LogP contribution in [0.25, 0.3) is 0 Å². The van der Waals surface area contributed by atoms with Crippen molar-refractivity contribution in [3.8, 4) is 0 Å². The molecule has 1 N–H and O–H groups in total. The van der Waals surface area contributed by atoms with Crippen molar-refractivity contribution in [1.82, 2.24) is 15.2 Å². The summed E-state index contributed by atoms with van der Waals surface area (Å²) in [5.74, 6) is 1.62. The fraction of sp³-hybridized carbons (Fsp3) is 0.600. The Bertz CT molecular complexity index is 448. The third kappa shape index (κ3) is 2.50. The fourth-order valence-electron chi connectivity index (χ4n) is 3.44. The highest BCUT2D eigenvalue weighted by Gasteiger charge is 2.43. The molecule has 1 aromatic rings. The SMILES string of the molecule is CC1C2CNCC2CN1C(=O)CCc1cccnc1. The number of aryl methyl sites for hydroxylation is 1. The Labute approximate surface area is 114 Å². The normalized spacial score (nSPS) is 29.5. The summed E-state index contributed by atoms with van der Waals surface area (Å²) in [5, 5.41) is 3.43. The highest BCUT2D eigenvalue weighted by molar-refractivity contribution is 5.77. The molecule has 102 valence electrons. The van der Waals surface area contributed by atoms with Crippen LogP contribution in [0.1, 0.15) is 18.9 Å². The smallest absolute Gasteiger partial charge is 0.223 e. The van der Waals surface area contributed by atoms with Gasteiger partial charge in [0.05, 0.1) is 0 Å². The Hall–Kier alpha value is -1.42. The van der Waals surface area contributed by atoms with Gasteiger partial charge in [0.15, 0.2) is 0 Å². The van der Waals surface area contributed by atoms with Gasteiger partial charge >= 0.3 is 0 Å². The maximum absolute atomic E-state index is 12.3. The van der Waals surface area contributed by atoms with Crippen molar-refractivity contribution in [3.63, 3.8) is 0 Å². The van der Waals surface area contributed by atoms with Crippen molar-refractivity contribution in [2.45, 2.75) is 25.8 Å². The molecular formula is C15H21N3O. The van der Waals surface area contributed by atoms with Crippen LogP contribution in [0.15, 0.2) is 24.5 Å². The average Bonchev–Trinajstić information content (AvgIpc) is 3.01. The van der Waals surface area contributed by atoms with E-state index in [-0.39, 0.29) is 0 Å². The van der Waals surface area contributed by atoms with E-state index in [4.69, 9.17) is 0 Å². The molecule has 0 aliphatic carbocycles. The summed E-state index contributed by atoms with van der Waals surface area (Å²) < 4.78 is 0. The molecule has 0 saturated carbocycles. The topological polar surface area (TPSA) is 45.2 Å². The molecule has 3 rings (SSSR count). The summed E-state index contributed by atoms with van der Waals surface area (Å²) in [7, 11) is 0. The van der Waals surface area contributed by atoms with Crippen LogP contribution in [-0.4, -0.2) is 41.5 Å².